The van der Waals surface area contributed by atoms with Gasteiger partial charge in [-0.05, 0) is 30.5 Å². The van der Waals surface area contributed by atoms with E-state index in [2.05, 4.69) is 0 Å². The molecule has 2 rings (SSSR count). The van der Waals surface area contributed by atoms with Crippen LogP contribution in [-0.2, 0) is 5.72 Å². The molecule has 1 fully saturated rings. The lowest BCUT2D eigenvalue weighted by atomic mass is 9.97. The van der Waals surface area contributed by atoms with Crippen LogP contribution >= 0.6 is 0 Å². The zero-order chi connectivity index (χ0) is 13.9. The predicted octanol–water partition coefficient (Wildman–Crippen LogP) is 1.22. The molecular formula is C13H18N2O4. The van der Waals surface area contributed by atoms with Gasteiger partial charge in [0.15, 0.2) is 0 Å². The maximum Gasteiger partial charge on any atom is 0.269 e. The van der Waals surface area contributed by atoms with Gasteiger partial charge >= 0.3 is 0 Å². The van der Waals surface area contributed by atoms with Crippen LogP contribution in [0.3, 0.4) is 0 Å². The molecule has 1 heterocycles. The van der Waals surface area contributed by atoms with Crippen molar-refractivity contribution in [2.75, 3.05) is 19.7 Å². The van der Waals surface area contributed by atoms with Crippen LogP contribution in [0.15, 0.2) is 24.3 Å². The van der Waals surface area contributed by atoms with E-state index in [1.807, 2.05) is 4.90 Å². The van der Waals surface area contributed by atoms with E-state index in [0.29, 0.717) is 5.56 Å². The molecule has 1 unspecified atom stereocenters. The number of benzene rings is 1. The maximum absolute atomic E-state index is 10.8. The van der Waals surface area contributed by atoms with Crippen molar-refractivity contribution in [1.29, 1.82) is 0 Å². The summed E-state index contributed by atoms with van der Waals surface area (Å²) in [5, 5.41) is 30.6. The van der Waals surface area contributed by atoms with E-state index >= 15 is 0 Å². The second-order valence-corrected chi connectivity index (χ2v) is 4.79. The number of nitro benzene ring substituents is 1. The number of hydrogen-bond acceptors (Lipinski definition) is 5. The standard InChI is InChI=1S/C13H18N2O4/c16-10-7-13(17,14-8-1-2-9-14)11-3-5-12(6-4-11)15(18)19/h3-6,16-17H,1-2,7-10H2. The Morgan fingerprint density at radius 2 is 1.84 bits per heavy atom. The van der Waals surface area contributed by atoms with E-state index < -0.39 is 10.6 Å². The van der Waals surface area contributed by atoms with Gasteiger partial charge in [-0.2, -0.15) is 0 Å². The van der Waals surface area contributed by atoms with Crippen LogP contribution in [0.4, 0.5) is 5.69 Å². The van der Waals surface area contributed by atoms with Crippen molar-refractivity contribution in [3.63, 3.8) is 0 Å². The SMILES string of the molecule is O=[N+]([O-])c1ccc(C(O)(CCO)N2CCCC2)cc1. The number of aliphatic hydroxyl groups excluding tert-OH is 1. The molecule has 0 spiro atoms. The van der Waals surface area contributed by atoms with Crippen LogP contribution in [0.1, 0.15) is 24.8 Å². The quantitative estimate of drug-likeness (QED) is 0.618. The Bertz CT molecular complexity index is 442. The Morgan fingerprint density at radius 3 is 2.32 bits per heavy atom. The summed E-state index contributed by atoms with van der Waals surface area (Å²) >= 11 is 0. The molecule has 19 heavy (non-hydrogen) atoms. The molecule has 0 amide bonds. The molecule has 6 heteroatoms. The molecule has 0 aromatic heterocycles. The number of non-ortho nitro benzene ring substituents is 1. The lowest BCUT2D eigenvalue weighted by molar-refractivity contribution is -0.384. The van der Waals surface area contributed by atoms with Gasteiger partial charge in [0.25, 0.3) is 5.69 Å². The third kappa shape index (κ3) is 2.75. The number of nitrogens with zero attached hydrogens (tertiary/aromatic N) is 2. The molecule has 0 aliphatic carbocycles. The Labute approximate surface area is 111 Å². The third-order valence-electron chi connectivity index (χ3n) is 3.63. The van der Waals surface area contributed by atoms with Gasteiger partial charge < -0.3 is 10.2 Å². The van der Waals surface area contributed by atoms with E-state index in [9.17, 15) is 20.3 Å². The molecule has 104 valence electrons. The van der Waals surface area contributed by atoms with E-state index in [4.69, 9.17) is 0 Å². The number of aliphatic hydroxyl groups is 2. The maximum atomic E-state index is 10.8. The molecule has 1 aliphatic rings. The van der Waals surface area contributed by atoms with Crippen LogP contribution in [0.2, 0.25) is 0 Å². The number of rotatable bonds is 5. The van der Waals surface area contributed by atoms with Crippen molar-refractivity contribution >= 4 is 5.69 Å². The summed E-state index contributed by atoms with van der Waals surface area (Å²) in [6.45, 7) is 1.41. The van der Waals surface area contributed by atoms with Gasteiger partial charge in [-0.3, -0.25) is 15.0 Å². The smallest absolute Gasteiger partial charge is 0.269 e. The summed E-state index contributed by atoms with van der Waals surface area (Å²) < 4.78 is 0. The van der Waals surface area contributed by atoms with Crippen LogP contribution in [0.25, 0.3) is 0 Å². The van der Waals surface area contributed by atoms with Gasteiger partial charge in [0.2, 0.25) is 0 Å². The van der Waals surface area contributed by atoms with Gasteiger partial charge in [-0.25, -0.2) is 0 Å². The second kappa shape index (κ2) is 5.64. The first-order chi connectivity index (χ1) is 9.08. The molecule has 1 aliphatic heterocycles. The summed E-state index contributed by atoms with van der Waals surface area (Å²) in [6, 6.07) is 5.89. The van der Waals surface area contributed by atoms with Gasteiger partial charge in [0.1, 0.15) is 5.72 Å². The fourth-order valence-corrected chi connectivity index (χ4v) is 2.58. The van der Waals surface area contributed by atoms with Gasteiger partial charge in [-0.15, -0.1) is 0 Å². The molecule has 2 N–H and O–H groups in total. The number of hydrogen-bond donors (Lipinski definition) is 2. The second-order valence-electron chi connectivity index (χ2n) is 4.79. The lowest BCUT2D eigenvalue weighted by Gasteiger charge is -2.37. The van der Waals surface area contributed by atoms with Crippen molar-refractivity contribution in [2.24, 2.45) is 0 Å². The molecular weight excluding hydrogens is 248 g/mol. The summed E-state index contributed by atoms with van der Waals surface area (Å²) in [7, 11) is 0. The molecule has 6 nitrogen and oxygen atoms in total. The minimum absolute atomic E-state index is 0.00322. The summed E-state index contributed by atoms with van der Waals surface area (Å²) in [6.07, 6.45) is 2.23. The van der Waals surface area contributed by atoms with E-state index in [1.54, 1.807) is 12.1 Å². The monoisotopic (exact) mass is 266 g/mol. The van der Waals surface area contributed by atoms with Crippen molar-refractivity contribution in [2.45, 2.75) is 25.0 Å². The van der Waals surface area contributed by atoms with Crippen LogP contribution in [0, 0.1) is 10.1 Å². The highest BCUT2D eigenvalue weighted by Gasteiger charge is 2.37. The zero-order valence-electron chi connectivity index (χ0n) is 10.7. The van der Waals surface area contributed by atoms with Gasteiger partial charge in [0, 0.05) is 38.2 Å². The fraction of sp³-hybridized carbons (Fsp3) is 0.538. The highest BCUT2D eigenvalue weighted by Crippen LogP contribution is 2.33. The molecule has 1 aromatic rings. The van der Waals surface area contributed by atoms with Crippen molar-refractivity contribution < 1.29 is 15.1 Å². The first kappa shape index (κ1) is 13.9. The Balaban J connectivity index is 2.29. The van der Waals surface area contributed by atoms with Crippen molar-refractivity contribution in [1.82, 2.24) is 4.90 Å². The Kier molecular flexibility index (Phi) is 4.14. The Hall–Kier alpha value is -1.50. The minimum Gasteiger partial charge on any atom is -0.396 e. The van der Waals surface area contributed by atoms with Crippen molar-refractivity contribution in [3.05, 3.63) is 39.9 Å². The number of likely N-dealkylation sites (tertiary alicyclic amines) is 1. The Morgan fingerprint density at radius 1 is 1.26 bits per heavy atom. The van der Waals surface area contributed by atoms with E-state index in [0.717, 1.165) is 25.9 Å². The van der Waals surface area contributed by atoms with Crippen LogP contribution in [0.5, 0.6) is 0 Å². The van der Waals surface area contributed by atoms with E-state index in [-0.39, 0.29) is 18.7 Å². The normalized spacial score (nSPS) is 19.3. The van der Waals surface area contributed by atoms with Crippen LogP contribution < -0.4 is 0 Å². The summed E-state index contributed by atoms with van der Waals surface area (Å²) in [5.74, 6) is 0. The topological polar surface area (TPSA) is 86.8 Å². The lowest BCUT2D eigenvalue weighted by Crippen LogP contribution is -2.45. The molecule has 1 aromatic carbocycles. The van der Waals surface area contributed by atoms with Crippen LogP contribution in [-0.4, -0.2) is 39.7 Å². The minimum atomic E-state index is -1.24. The highest BCUT2D eigenvalue weighted by molar-refractivity contribution is 5.35. The molecule has 1 saturated heterocycles. The fourth-order valence-electron chi connectivity index (χ4n) is 2.58. The molecule has 0 bridgehead atoms. The zero-order valence-corrected chi connectivity index (χ0v) is 10.7. The highest BCUT2D eigenvalue weighted by atomic mass is 16.6. The average molecular weight is 266 g/mol. The third-order valence-corrected chi connectivity index (χ3v) is 3.63. The summed E-state index contributed by atoms with van der Waals surface area (Å²) in [4.78, 5) is 12.1. The predicted molar refractivity (Wildman–Crippen MR) is 69.5 cm³/mol. The average Bonchev–Trinajstić information content (AvgIpc) is 2.93. The molecule has 0 radical (unpaired) electrons. The largest absolute Gasteiger partial charge is 0.396 e. The van der Waals surface area contributed by atoms with Crippen molar-refractivity contribution in [3.8, 4) is 0 Å². The van der Waals surface area contributed by atoms with Gasteiger partial charge in [-0.1, -0.05) is 0 Å². The first-order valence-electron chi connectivity index (χ1n) is 6.41. The molecule has 0 saturated carbocycles. The number of nitro groups is 1. The first-order valence-corrected chi connectivity index (χ1v) is 6.41. The summed E-state index contributed by atoms with van der Waals surface area (Å²) in [5.41, 5.74) is -0.647. The van der Waals surface area contributed by atoms with E-state index in [1.165, 1.54) is 12.1 Å². The van der Waals surface area contributed by atoms with Gasteiger partial charge in [0.05, 0.1) is 4.92 Å². The molecule has 1 atom stereocenters.